The molecule has 3 nitrogen and oxygen atoms in total. The van der Waals surface area contributed by atoms with Gasteiger partial charge in [-0.05, 0) is 45.1 Å². The van der Waals surface area contributed by atoms with Gasteiger partial charge in [-0.1, -0.05) is 48.5 Å². The standard InChI is InChI=1S/C19H15BrN2O/c1-13-15(10-18(23)19-21-11-16(20)12-22-19)8-5-9-17(13)14-6-3-2-4-7-14/h2-9,11-12H,10H2,1H3. The minimum atomic E-state index is -0.0780. The van der Waals surface area contributed by atoms with Crippen molar-refractivity contribution < 1.29 is 4.79 Å². The molecule has 0 aliphatic heterocycles. The molecule has 0 N–H and O–H groups in total. The van der Waals surface area contributed by atoms with E-state index < -0.39 is 0 Å². The first kappa shape index (κ1) is 15.6. The van der Waals surface area contributed by atoms with E-state index in [0.29, 0.717) is 6.42 Å². The van der Waals surface area contributed by atoms with Gasteiger partial charge < -0.3 is 0 Å². The molecule has 0 atom stereocenters. The second-order valence-corrected chi connectivity index (χ2v) is 6.20. The third-order valence-electron chi connectivity index (χ3n) is 3.75. The van der Waals surface area contributed by atoms with E-state index in [4.69, 9.17) is 0 Å². The maximum Gasteiger partial charge on any atom is 0.204 e. The average Bonchev–Trinajstić information content (AvgIpc) is 2.58. The van der Waals surface area contributed by atoms with Gasteiger partial charge in [-0.25, -0.2) is 9.97 Å². The van der Waals surface area contributed by atoms with Crippen molar-refractivity contribution in [2.45, 2.75) is 13.3 Å². The predicted octanol–water partition coefficient (Wildman–Crippen LogP) is 4.64. The Kier molecular flexibility index (Phi) is 4.63. The molecule has 0 aliphatic rings. The maximum absolute atomic E-state index is 12.4. The highest BCUT2D eigenvalue weighted by Gasteiger charge is 2.13. The highest BCUT2D eigenvalue weighted by Crippen LogP contribution is 2.26. The molecule has 4 heteroatoms. The number of aromatic nitrogens is 2. The normalized spacial score (nSPS) is 10.5. The van der Waals surface area contributed by atoms with Crippen LogP contribution in [0.15, 0.2) is 65.4 Å². The van der Waals surface area contributed by atoms with Crippen LogP contribution in [0.2, 0.25) is 0 Å². The lowest BCUT2D eigenvalue weighted by atomic mass is 9.94. The van der Waals surface area contributed by atoms with Gasteiger partial charge in [0, 0.05) is 18.8 Å². The lowest BCUT2D eigenvalue weighted by molar-refractivity contribution is 0.0982. The van der Waals surface area contributed by atoms with Crippen LogP contribution in [0.3, 0.4) is 0 Å². The smallest absolute Gasteiger partial charge is 0.204 e. The number of hydrogen-bond donors (Lipinski definition) is 0. The average molecular weight is 367 g/mol. The molecule has 114 valence electrons. The fourth-order valence-electron chi connectivity index (χ4n) is 2.51. The van der Waals surface area contributed by atoms with Gasteiger partial charge >= 0.3 is 0 Å². The highest BCUT2D eigenvalue weighted by molar-refractivity contribution is 9.10. The van der Waals surface area contributed by atoms with Crippen LogP contribution >= 0.6 is 15.9 Å². The molecule has 0 saturated carbocycles. The largest absolute Gasteiger partial charge is 0.290 e. The number of carbonyl (C=O) groups is 1. The Hall–Kier alpha value is -2.33. The number of rotatable bonds is 4. The van der Waals surface area contributed by atoms with Crippen LogP contribution in [0.25, 0.3) is 11.1 Å². The van der Waals surface area contributed by atoms with Crippen LogP contribution in [-0.4, -0.2) is 15.8 Å². The summed E-state index contributed by atoms with van der Waals surface area (Å²) in [5.41, 5.74) is 4.42. The van der Waals surface area contributed by atoms with Crippen LogP contribution in [0.4, 0.5) is 0 Å². The number of carbonyl (C=O) groups excluding carboxylic acids is 1. The summed E-state index contributed by atoms with van der Waals surface area (Å²) in [5.74, 6) is 0.170. The van der Waals surface area contributed by atoms with Crippen LogP contribution in [-0.2, 0) is 6.42 Å². The summed E-state index contributed by atoms with van der Waals surface area (Å²) >= 11 is 3.27. The fraction of sp³-hybridized carbons (Fsp3) is 0.105. The Morgan fingerprint density at radius 1 is 1.00 bits per heavy atom. The minimum absolute atomic E-state index is 0.0780. The third kappa shape index (κ3) is 3.54. The van der Waals surface area contributed by atoms with Crippen molar-refractivity contribution in [2.24, 2.45) is 0 Å². The molecule has 0 saturated heterocycles. The quantitative estimate of drug-likeness (QED) is 0.631. The second-order valence-electron chi connectivity index (χ2n) is 5.28. The van der Waals surface area contributed by atoms with Crippen molar-refractivity contribution in [3.63, 3.8) is 0 Å². The summed E-state index contributed by atoms with van der Waals surface area (Å²) < 4.78 is 0.760. The van der Waals surface area contributed by atoms with E-state index in [1.54, 1.807) is 12.4 Å². The first-order chi connectivity index (χ1) is 11.1. The monoisotopic (exact) mass is 366 g/mol. The van der Waals surface area contributed by atoms with Crippen molar-refractivity contribution in [1.82, 2.24) is 9.97 Å². The molecule has 1 heterocycles. The van der Waals surface area contributed by atoms with Crippen molar-refractivity contribution >= 4 is 21.7 Å². The molecular formula is C19H15BrN2O. The zero-order valence-corrected chi connectivity index (χ0v) is 14.2. The lowest BCUT2D eigenvalue weighted by Crippen LogP contribution is -2.09. The van der Waals surface area contributed by atoms with Crippen LogP contribution in [0.1, 0.15) is 21.7 Å². The molecule has 3 rings (SSSR count). The zero-order chi connectivity index (χ0) is 16.2. The van der Waals surface area contributed by atoms with Gasteiger partial charge in [-0.15, -0.1) is 0 Å². The number of halogens is 1. The van der Waals surface area contributed by atoms with Gasteiger partial charge in [0.2, 0.25) is 5.78 Å². The number of nitrogens with zero attached hydrogens (tertiary/aromatic N) is 2. The van der Waals surface area contributed by atoms with Crippen molar-refractivity contribution in [2.75, 3.05) is 0 Å². The van der Waals surface area contributed by atoms with Crippen LogP contribution < -0.4 is 0 Å². The third-order valence-corrected chi connectivity index (χ3v) is 4.16. The number of hydrogen-bond acceptors (Lipinski definition) is 3. The second kappa shape index (κ2) is 6.84. The van der Waals surface area contributed by atoms with Gasteiger partial charge in [-0.3, -0.25) is 4.79 Å². The maximum atomic E-state index is 12.4. The van der Waals surface area contributed by atoms with E-state index in [-0.39, 0.29) is 11.6 Å². The lowest BCUT2D eigenvalue weighted by Gasteiger charge is -2.11. The molecule has 0 fully saturated rings. The number of Topliss-reactive ketones (excluding diaryl/α,β-unsaturated/α-hetero) is 1. The Bertz CT molecular complexity index is 830. The van der Waals surface area contributed by atoms with Crippen LogP contribution in [0.5, 0.6) is 0 Å². The van der Waals surface area contributed by atoms with E-state index in [9.17, 15) is 4.79 Å². The molecule has 0 amide bonds. The van der Waals surface area contributed by atoms with E-state index in [2.05, 4.69) is 44.1 Å². The summed E-state index contributed by atoms with van der Waals surface area (Å²) in [5, 5.41) is 0. The molecule has 0 unspecified atom stereocenters. The van der Waals surface area contributed by atoms with Gasteiger partial charge in [-0.2, -0.15) is 0 Å². The molecule has 0 radical (unpaired) electrons. The molecular weight excluding hydrogens is 352 g/mol. The van der Waals surface area contributed by atoms with E-state index >= 15 is 0 Å². The van der Waals surface area contributed by atoms with E-state index in [1.807, 2.05) is 37.3 Å². The molecule has 3 aromatic rings. The Balaban J connectivity index is 1.89. The molecule has 0 spiro atoms. The zero-order valence-electron chi connectivity index (χ0n) is 12.7. The summed E-state index contributed by atoms with van der Waals surface area (Å²) in [6.07, 6.45) is 3.48. The summed E-state index contributed by atoms with van der Waals surface area (Å²) in [7, 11) is 0. The van der Waals surface area contributed by atoms with Gasteiger partial charge in [0.25, 0.3) is 0 Å². The number of ketones is 1. The SMILES string of the molecule is Cc1c(CC(=O)c2ncc(Br)cn2)cccc1-c1ccccc1. The molecule has 1 aromatic heterocycles. The fourth-order valence-corrected chi connectivity index (χ4v) is 2.72. The first-order valence-corrected chi connectivity index (χ1v) is 8.09. The number of benzene rings is 2. The first-order valence-electron chi connectivity index (χ1n) is 7.30. The molecule has 23 heavy (non-hydrogen) atoms. The van der Waals surface area contributed by atoms with Gasteiger partial charge in [0.15, 0.2) is 5.82 Å². The van der Waals surface area contributed by atoms with Crippen LogP contribution in [0, 0.1) is 6.92 Å². The summed E-state index contributed by atoms with van der Waals surface area (Å²) in [4.78, 5) is 20.5. The van der Waals surface area contributed by atoms with Crippen molar-refractivity contribution in [3.8, 4) is 11.1 Å². The van der Waals surface area contributed by atoms with Gasteiger partial charge in [0.1, 0.15) is 0 Å². The summed E-state index contributed by atoms with van der Waals surface area (Å²) in [6, 6.07) is 16.2. The summed E-state index contributed by atoms with van der Waals surface area (Å²) in [6.45, 7) is 2.05. The Labute approximate surface area is 143 Å². The predicted molar refractivity (Wildman–Crippen MR) is 94.4 cm³/mol. The minimum Gasteiger partial charge on any atom is -0.290 e. The van der Waals surface area contributed by atoms with E-state index in [0.717, 1.165) is 26.7 Å². The topological polar surface area (TPSA) is 42.9 Å². The Morgan fingerprint density at radius 2 is 1.70 bits per heavy atom. The van der Waals surface area contributed by atoms with E-state index in [1.165, 1.54) is 0 Å². The molecule has 0 bridgehead atoms. The Morgan fingerprint density at radius 3 is 2.39 bits per heavy atom. The van der Waals surface area contributed by atoms with Crippen molar-refractivity contribution in [1.29, 1.82) is 0 Å². The molecule has 2 aromatic carbocycles. The van der Waals surface area contributed by atoms with Gasteiger partial charge in [0.05, 0.1) is 4.47 Å². The molecule has 0 aliphatic carbocycles. The highest BCUT2D eigenvalue weighted by atomic mass is 79.9. The van der Waals surface area contributed by atoms with Crippen molar-refractivity contribution in [3.05, 3.63) is 82.3 Å².